The first-order valence-electron chi connectivity index (χ1n) is 7.57. The summed E-state index contributed by atoms with van der Waals surface area (Å²) in [5, 5.41) is 0. The molecule has 22 heavy (non-hydrogen) atoms. The predicted octanol–water partition coefficient (Wildman–Crippen LogP) is 1.84. The van der Waals surface area contributed by atoms with Crippen molar-refractivity contribution in [3.8, 4) is 0 Å². The van der Waals surface area contributed by atoms with Crippen LogP contribution in [0, 0.1) is 19.8 Å². The Morgan fingerprint density at radius 2 is 1.95 bits per heavy atom. The lowest BCUT2D eigenvalue weighted by molar-refractivity contribution is -0.129. The highest BCUT2D eigenvalue weighted by molar-refractivity contribution is 7.89. The molecule has 2 rings (SSSR count). The number of benzene rings is 1. The van der Waals surface area contributed by atoms with Crippen LogP contribution in [0.15, 0.2) is 23.1 Å². The lowest BCUT2D eigenvalue weighted by Crippen LogP contribution is -2.34. The number of rotatable bonds is 5. The van der Waals surface area contributed by atoms with Crippen LogP contribution in [-0.2, 0) is 14.8 Å². The van der Waals surface area contributed by atoms with Gasteiger partial charge < -0.3 is 4.90 Å². The largest absolute Gasteiger partial charge is 0.340 e. The van der Waals surface area contributed by atoms with E-state index in [0.717, 1.165) is 11.1 Å². The van der Waals surface area contributed by atoms with Crippen LogP contribution < -0.4 is 4.72 Å². The Bertz CT molecular complexity index is 668. The fourth-order valence-corrected chi connectivity index (χ4v) is 3.84. The van der Waals surface area contributed by atoms with E-state index in [1.165, 1.54) is 0 Å². The molecule has 0 aromatic heterocycles. The zero-order chi connectivity index (χ0) is 16.5. The van der Waals surface area contributed by atoms with Crippen molar-refractivity contribution in [1.29, 1.82) is 0 Å². The van der Waals surface area contributed by atoms with Crippen LogP contribution in [0.25, 0.3) is 0 Å². The molecule has 1 aromatic rings. The normalized spacial score (nSPS) is 19.2. The second-order valence-electron chi connectivity index (χ2n) is 6.31. The Morgan fingerprint density at radius 3 is 2.50 bits per heavy atom. The highest BCUT2D eigenvalue weighted by Gasteiger charge is 2.31. The highest BCUT2D eigenvalue weighted by Crippen LogP contribution is 2.20. The van der Waals surface area contributed by atoms with Gasteiger partial charge in [-0.25, -0.2) is 13.1 Å². The second kappa shape index (κ2) is 6.38. The molecule has 1 fully saturated rings. The molecule has 6 heteroatoms. The average Bonchev–Trinajstić information content (AvgIpc) is 2.81. The van der Waals surface area contributed by atoms with Crippen LogP contribution >= 0.6 is 0 Å². The molecule has 1 amide bonds. The summed E-state index contributed by atoms with van der Waals surface area (Å²) in [4.78, 5) is 13.9. The molecule has 1 aromatic carbocycles. The molecule has 1 aliphatic heterocycles. The summed E-state index contributed by atoms with van der Waals surface area (Å²) in [5.74, 6) is 0.140. The number of amides is 1. The smallest absolute Gasteiger partial charge is 0.240 e. The molecule has 1 atom stereocenters. The molecule has 1 unspecified atom stereocenters. The van der Waals surface area contributed by atoms with E-state index in [2.05, 4.69) is 4.72 Å². The van der Waals surface area contributed by atoms with E-state index in [9.17, 15) is 13.2 Å². The molecule has 1 heterocycles. The SMILES string of the molecule is Cc1ccc(S(=O)(=O)NCC2CC(=O)N(C(C)C)C2)cc1C. The Kier molecular flexibility index (Phi) is 4.92. The number of likely N-dealkylation sites (tertiary alicyclic amines) is 1. The van der Waals surface area contributed by atoms with Crippen LogP contribution in [0.4, 0.5) is 0 Å². The number of carbonyl (C=O) groups excluding carboxylic acids is 1. The standard InChI is InChI=1S/C16H24N2O3S/c1-11(2)18-10-14(8-16(18)19)9-17-22(20,21)15-6-5-12(3)13(4)7-15/h5-7,11,14,17H,8-10H2,1-4H3. The third kappa shape index (κ3) is 3.67. The number of sulfonamides is 1. The van der Waals surface area contributed by atoms with Gasteiger partial charge >= 0.3 is 0 Å². The summed E-state index contributed by atoms with van der Waals surface area (Å²) in [6.07, 6.45) is 0.410. The maximum Gasteiger partial charge on any atom is 0.240 e. The molecular formula is C16H24N2O3S. The van der Waals surface area contributed by atoms with E-state index >= 15 is 0 Å². The molecule has 0 bridgehead atoms. The molecule has 0 radical (unpaired) electrons. The van der Waals surface area contributed by atoms with Gasteiger partial charge in [0.1, 0.15) is 0 Å². The fraction of sp³-hybridized carbons (Fsp3) is 0.562. The summed E-state index contributed by atoms with van der Waals surface area (Å²) < 4.78 is 27.3. The van der Waals surface area contributed by atoms with Crippen molar-refractivity contribution in [2.45, 2.75) is 45.1 Å². The number of hydrogen-bond acceptors (Lipinski definition) is 3. The number of nitrogens with zero attached hydrogens (tertiary/aromatic N) is 1. The molecule has 1 N–H and O–H groups in total. The first kappa shape index (κ1) is 17.0. The van der Waals surface area contributed by atoms with Crippen LogP contribution in [0.5, 0.6) is 0 Å². The van der Waals surface area contributed by atoms with Crippen molar-refractivity contribution in [2.75, 3.05) is 13.1 Å². The van der Waals surface area contributed by atoms with Gasteiger partial charge in [-0.05, 0) is 56.9 Å². The fourth-order valence-electron chi connectivity index (χ4n) is 2.64. The van der Waals surface area contributed by atoms with Crippen LogP contribution in [0.2, 0.25) is 0 Å². The number of carbonyl (C=O) groups is 1. The molecule has 1 aliphatic rings. The minimum Gasteiger partial charge on any atom is -0.340 e. The van der Waals surface area contributed by atoms with Crippen molar-refractivity contribution >= 4 is 15.9 Å². The monoisotopic (exact) mass is 324 g/mol. The number of nitrogens with one attached hydrogen (secondary N) is 1. The van der Waals surface area contributed by atoms with E-state index in [0.29, 0.717) is 19.5 Å². The highest BCUT2D eigenvalue weighted by atomic mass is 32.2. The summed E-state index contributed by atoms with van der Waals surface area (Å²) >= 11 is 0. The maximum atomic E-state index is 12.3. The predicted molar refractivity (Wildman–Crippen MR) is 86.1 cm³/mol. The van der Waals surface area contributed by atoms with E-state index in [4.69, 9.17) is 0 Å². The third-order valence-electron chi connectivity index (χ3n) is 4.21. The van der Waals surface area contributed by atoms with Crippen LogP contribution in [0.3, 0.4) is 0 Å². The molecule has 122 valence electrons. The molecular weight excluding hydrogens is 300 g/mol. The molecule has 1 saturated heterocycles. The van der Waals surface area contributed by atoms with Crippen LogP contribution in [0.1, 0.15) is 31.4 Å². The molecule has 0 spiro atoms. The van der Waals surface area contributed by atoms with E-state index in [1.807, 2.05) is 33.8 Å². The zero-order valence-electron chi connectivity index (χ0n) is 13.6. The van der Waals surface area contributed by atoms with Crippen molar-refractivity contribution < 1.29 is 13.2 Å². The Balaban J connectivity index is 2.02. The molecule has 0 saturated carbocycles. The Morgan fingerprint density at radius 1 is 1.27 bits per heavy atom. The summed E-state index contributed by atoms with van der Waals surface area (Å²) in [6, 6.07) is 5.26. The van der Waals surface area contributed by atoms with Gasteiger partial charge in [-0.15, -0.1) is 0 Å². The number of hydrogen-bond donors (Lipinski definition) is 1. The van der Waals surface area contributed by atoms with Crippen molar-refractivity contribution in [3.05, 3.63) is 29.3 Å². The molecule has 0 aliphatic carbocycles. The van der Waals surface area contributed by atoms with Gasteiger partial charge in [-0.2, -0.15) is 0 Å². The Labute approximate surface area is 132 Å². The van der Waals surface area contributed by atoms with E-state index in [1.54, 1.807) is 17.0 Å². The zero-order valence-corrected chi connectivity index (χ0v) is 14.4. The van der Waals surface area contributed by atoms with Gasteiger partial charge in [0.15, 0.2) is 0 Å². The van der Waals surface area contributed by atoms with Gasteiger partial charge in [0.05, 0.1) is 4.90 Å². The van der Waals surface area contributed by atoms with Gasteiger partial charge in [0.25, 0.3) is 0 Å². The average molecular weight is 324 g/mol. The summed E-state index contributed by atoms with van der Waals surface area (Å²) in [7, 11) is -3.52. The molecule has 5 nitrogen and oxygen atoms in total. The van der Waals surface area contributed by atoms with E-state index in [-0.39, 0.29) is 22.8 Å². The van der Waals surface area contributed by atoms with Gasteiger partial charge in [0.2, 0.25) is 15.9 Å². The lowest BCUT2D eigenvalue weighted by Gasteiger charge is -2.21. The van der Waals surface area contributed by atoms with Gasteiger partial charge in [0, 0.05) is 25.6 Å². The van der Waals surface area contributed by atoms with Gasteiger partial charge in [-0.3, -0.25) is 4.79 Å². The van der Waals surface area contributed by atoms with Gasteiger partial charge in [-0.1, -0.05) is 6.07 Å². The minimum atomic E-state index is -3.52. The first-order valence-corrected chi connectivity index (χ1v) is 9.05. The quantitative estimate of drug-likeness (QED) is 0.899. The van der Waals surface area contributed by atoms with Crippen molar-refractivity contribution in [3.63, 3.8) is 0 Å². The number of aryl methyl sites for hydroxylation is 2. The van der Waals surface area contributed by atoms with E-state index < -0.39 is 10.0 Å². The maximum absolute atomic E-state index is 12.3. The minimum absolute atomic E-state index is 0.0382. The topological polar surface area (TPSA) is 66.5 Å². The second-order valence-corrected chi connectivity index (χ2v) is 8.07. The summed E-state index contributed by atoms with van der Waals surface area (Å²) in [5.41, 5.74) is 2.01. The third-order valence-corrected chi connectivity index (χ3v) is 5.63. The first-order chi connectivity index (χ1) is 10.2. The van der Waals surface area contributed by atoms with Crippen molar-refractivity contribution in [1.82, 2.24) is 9.62 Å². The lowest BCUT2D eigenvalue weighted by atomic mass is 10.1. The summed E-state index contributed by atoms with van der Waals surface area (Å²) in [6.45, 7) is 8.70. The van der Waals surface area contributed by atoms with Crippen LogP contribution in [-0.4, -0.2) is 38.4 Å². The van der Waals surface area contributed by atoms with Crippen molar-refractivity contribution in [2.24, 2.45) is 5.92 Å². The Hall–Kier alpha value is -1.40.